The predicted molar refractivity (Wildman–Crippen MR) is 66.1 cm³/mol. The van der Waals surface area contributed by atoms with Crippen LogP contribution in [0.3, 0.4) is 0 Å². The Morgan fingerprint density at radius 2 is 0.658 bits per heavy atom. The fraction of sp³-hybridized carbons (Fsp3) is 1.00. The Kier molecular flexibility index (Phi) is 7.60. The molecule has 1 aliphatic rings. The van der Waals surface area contributed by atoms with E-state index >= 15 is 0 Å². The fourth-order valence-electron chi connectivity index (χ4n) is 2.98. The first-order chi connectivity index (χ1) is 16.0. The Bertz CT molecular complexity index is 739. The molecule has 0 aliphatic heterocycles. The topological polar surface area (TPSA) is 18.5 Å². The van der Waals surface area contributed by atoms with E-state index in [1.165, 1.54) is 0 Å². The van der Waals surface area contributed by atoms with Crippen LogP contribution >= 0.6 is 0 Å². The van der Waals surface area contributed by atoms with Crippen molar-refractivity contribution in [2.24, 2.45) is 0 Å². The van der Waals surface area contributed by atoms with Crippen molar-refractivity contribution in [1.82, 2.24) is 0 Å². The first-order valence-electron chi connectivity index (χ1n) is 8.24. The Balaban J connectivity index is 4.47. The first-order valence-corrected chi connectivity index (χ1v) is 8.24. The van der Waals surface area contributed by atoms with Crippen LogP contribution in [0.2, 0.25) is 0 Å². The van der Waals surface area contributed by atoms with Crippen molar-refractivity contribution in [2.75, 3.05) is 0 Å². The quantitative estimate of drug-likeness (QED) is 0.236. The van der Waals surface area contributed by atoms with Gasteiger partial charge in [-0.1, -0.05) is 0 Å². The molecule has 0 radical (unpaired) electrons. The molecule has 0 spiro atoms. The lowest BCUT2D eigenvalue weighted by Crippen LogP contribution is -2.78. The van der Waals surface area contributed by atoms with Gasteiger partial charge in [-0.2, -0.15) is 96.6 Å². The van der Waals surface area contributed by atoms with Crippen molar-refractivity contribution in [3.05, 3.63) is 0 Å². The van der Waals surface area contributed by atoms with Crippen molar-refractivity contribution < 1.29 is 110 Å². The van der Waals surface area contributed by atoms with Crippen LogP contribution in [0.15, 0.2) is 0 Å². The second-order valence-electron chi connectivity index (χ2n) is 7.17. The van der Waals surface area contributed by atoms with E-state index in [-0.39, 0.29) is 0 Å². The minimum Gasteiger partial charge on any atom is -0.310 e. The number of hydrogen-bond acceptors (Lipinski definition) is 2. The summed E-state index contributed by atoms with van der Waals surface area (Å²) in [6.07, 6.45) is -60.6. The summed E-state index contributed by atoms with van der Waals surface area (Å²) in [5.74, 6) is -22.7. The van der Waals surface area contributed by atoms with Gasteiger partial charge in [0, 0.05) is 0 Å². The van der Waals surface area contributed by atoms with E-state index in [0.717, 1.165) is 0 Å². The maximum atomic E-state index is 14.2. The molecule has 0 bridgehead atoms. The average Bonchev–Trinajstić information content (AvgIpc) is 2.66. The molecular formula is C13H3F23O2. The maximum absolute atomic E-state index is 14.2. The maximum Gasteiger partial charge on any atom is 0.435 e. The highest BCUT2D eigenvalue weighted by molar-refractivity contribution is 5.17. The highest BCUT2D eigenvalue weighted by Crippen LogP contribution is 2.67. The minimum atomic E-state index is -8.64. The molecule has 1 unspecified atom stereocenters. The summed E-state index contributed by atoms with van der Waals surface area (Å²) in [4.78, 5) is 0. The molecule has 0 aromatic heterocycles. The highest BCUT2D eigenvalue weighted by Gasteiger charge is 2.96. The molecule has 1 atom stereocenters. The van der Waals surface area contributed by atoms with Crippen molar-refractivity contribution in [3.63, 3.8) is 0 Å². The molecule has 1 aliphatic carbocycles. The van der Waals surface area contributed by atoms with Gasteiger partial charge in [0.2, 0.25) is 0 Å². The van der Waals surface area contributed by atoms with Crippen LogP contribution in [0, 0.1) is 0 Å². The van der Waals surface area contributed by atoms with Crippen LogP contribution in [0.5, 0.6) is 0 Å². The number of halogens is 23. The predicted octanol–water partition coefficient (Wildman–Crippen LogP) is 7.58. The van der Waals surface area contributed by atoms with Gasteiger partial charge >= 0.3 is 60.1 Å². The molecule has 38 heavy (non-hydrogen) atoms. The third kappa shape index (κ3) is 4.37. The summed E-state index contributed by atoms with van der Waals surface area (Å²) in [7, 11) is 0. The number of hydrogen-bond donors (Lipinski definition) is 0. The zero-order valence-electron chi connectivity index (χ0n) is 16.3. The highest BCUT2D eigenvalue weighted by atomic mass is 19.4. The molecule has 0 aromatic rings. The van der Waals surface area contributed by atoms with Crippen molar-refractivity contribution >= 4 is 0 Å². The zero-order valence-corrected chi connectivity index (χ0v) is 16.3. The number of rotatable bonds is 4. The molecule has 0 heterocycles. The van der Waals surface area contributed by atoms with E-state index in [9.17, 15) is 101 Å². The Morgan fingerprint density at radius 1 is 0.447 bits per heavy atom. The molecule has 2 nitrogen and oxygen atoms in total. The van der Waals surface area contributed by atoms with Gasteiger partial charge in [-0.15, -0.1) is 0 Å². The first kappa shape index (κ1) is 34.3. The van der Waals surface area contributed by atoms with Crippen molar-refractivity contribution in [2.45, 2.75) is 78.5 Å². The van der Waals surface area contributed by atoms with Crippen molar-refractivity contribution in [1.29, 1.82) is 0 Å². The lowest BCUT2D eigenvalue weighted by atomic mass is 9.96. The van der Waals surface area contributed by atoms with Crippen LogP contribution in [0.4, 0.5) is 101 Å². The van der Waals surface area contributed by atoms with Gasteiger partial charge in [0.1, 0.15) is 0 Å². The van der Waals surface area contributed by atoms with E-state index in [4.69, 9.17) is 0 Å². The van der Waals surface area contributed by atoms with E-state index in [1.807, 2.05) is 0 Å². The molecule has 0 saturated heterocycles. The van der Waals surface area contributed by atoms with E-state index in [1.54, 1.807) is 9.47 Å². The van der Waals surface area contributed by atoms with Gasteiger partial charge in [-0.3, -0.25) is 0 Å². The Labute approximate surface area is 190 Å². The summed E-state index contributed by atoms with van der Waals surface area (Å²) in [6.45, 7) is 0. The summed E-state index contributed by atoms with van der Waals surface area (Å²) in [5, 5.41) is 0. The van der Waals surface area contributed by atoms with Gasteiger partial charge < -0.3 is 9.47 Å². The van der Waals surface area contributed by atoms with Crippen LogP contribution < -0.4 is 0 Å². The van der Waals surface area contributed by atoms with Crippen LogP contribution in [0.25, 0.3) is 0 Å². The van der Waals surface area contributed by atoms with Gasteiger partial charge in [0.15, 0.2) is 6.17 Å². The Hall–Kier alpha value is -1.69. The minimum absolute atomic E-state index is 1.68. The monoisotopic (exact) mass is 628 g/mol. The zero-order chi connectivity index (χ0) is 31.2. The second-order valence-corrected chi connectivity index (χ2v) is 7.17. The summed E-state index contributed by atoms with van der Waals surface area (Å²) < 4.78 is 308. The van der Waals surface area contributed by atoms with Crippen LogP contribution in [-0.2, 0) is 9.47 Å². The van der Waals surface area contributed by atoms with E-state index in [0.29, 0.717) is 0 Å². The molecule has 1 fully saturated rings. The molecule has 1 rings (SSSR count). The molecule has 1 saturated carbocycles. The van der Waals surface area contributed by atoms with E-state index < -0.39 is 78.5 Å². The standard InChI is InChI=1S/C13H3F23O2/c14-2-1-3(15,16)7(17,18)4(2,37-5(8(19,20)21,9(22,23)24)10(25,26)27)38-6(11(28,29)30,12(31,32)33)13(34,35)36/h2H,1H2. The largest absolute Gasteiger partial charge is 0.435 e. The normalized spacial score (nSPS) is 23.6. The number of alkyl halides is 23. The molecule has 228 valence electrons. The number of ether oxygens (including phenoxy) is 2. The fourth-order valence-corrected chi connectivity index (χ4v) is 2.98. The molecule has 0 N–H and O–H groups in total. The summed E-state index contributed by atoms with van der Waals surface area (Å²) in [5.41, 5.74) is -17.3. The molecule has 0 aromatic carbocycles. The second kappa shape index (κ2) is 8.41. The lowest BCUT2D eigenvalue weighted by Gasteiger charge is -2.50. The summed E-state index contributed by atoms with van der Waals surface area (Å²) in [6, 6.07) is 0. The summed E-state index contributed by atoms with van der Waals surface area (Å²) >= 11 is 0. The molecule has 0 amide bonds. The van der Waals surface area contributed by atoms with Crippen LogP contribution in [0.1, 0.15) is 6.42 Å². The van der Waals surface area contributed by atoms with Crippen molar-refractivity contribution in [3.8, 4) is 0 Å². The van der Waals surface area contributed by atoms with Crippen LogP contribution in [-0.4, -0.2) is 72.1 Å². The third-order valence-electron chi connectivity index (χ3n) is 4.75. The smallest absolute Gasteiger partial charge is 0.310 e. The molecular weight excluding hydrogens is 625 g/mol. The van der Waals surface area contributed by atoms with E-state index in [2.05, 4.69) is 0 Å². The molecule has 25 heteroatoms. The lowest BCUT2D eigenvalue weighted by molar-refractivity contribution is -0.559. The SMILES string of the molecule is FC1CC(F)(F)C(F)(F)C1(OC(C(F)(F)F)(C(F)(F)F)C(F)(F)F)OC(C(F)(F)F)(C(F)(F)F)C(F)(F)F. The van der Waals surface area contributed by atoms with Gasteiger partial charge in [-0.25, -0.2) is 4.39 Å². The van der Waals surface area contributed by atoms with Gasteiger partial charge in [0.25, 0.3) is 5.79 Å². The Morgan fingerprint density at radius 3 is 0.789 bits per heavy atom. The third-order valence-corrected chi connectivity index (χ3v) is 4.75. The van der Waals surface area contributed by atoms with Gasteiger partial charge in [0.05, 0.1) is 6.42 Å². The average molecular weight is 628 g/mol. The van der Waals surface area contributed by atoms with Gasteiger partial charge in [-0.05, 0) is 0 Å².